The monoisotopic (exact) mass is 408 g/mol. The highest BCUT2D eigenvalue weighted by molar-refractivity contribution is 5.84. The minimum atomic E-state index is -4.34. The number of aliphatic hydroxyl groups excluding tert-OH is 1. The van der Waals surface area contributed by atoms with Gasteiger partial charge in [-0.15, -0.1) is 0 Å². The zero-order chi connectivity index (χ0) is 21.3. The van der Waals surface area contributed by atoms with Crippen LogP contribution in [-0.2, 0) is 6.18 Å². The van der Waals surface area contributed by atoms with Crippen LogP contribution >= 0.6 is 0 Å². The van der Waals surface area contributed by atoms with Crippen molar-refractivity contribution in [3.8, 4) is 11.1 Å². The lowest BCUT2D eigenvalue weighted by Crippen LogP contribution is -2.03. The van der Waals surface area contributed by atoms with Crippen LogP contribution in [0.3, 0.4) is 0 Å². The standard InChI is InChI=1S/C24H19F3N2O/c1-15(30)19-4-2-3-5-20(19)17-9-12-21-22(14-17)29-23(28-21)13-8-16-6-10-18(11-7-16)24(25,26)27/h2-15,30H,1H3,(H,28,29)/b13-8+. The number of nitrogens with zero attached hydrogens (tertiary/aromatic N) is 1. The van der Waals surface area contributed by atoms with Crippen LogP contribution in [0.25, 0.3) is 34.3 Å². The number of alkyl halides is 3. The van der Waals surface area contributed by atoms with Crippen LogP contribution in [-0.4, -0.2) is 15.1 Å². The number of hydrogen-bond acceptors (Lipinski definition) is 2. The zero-order valence-electron chi connectivity index (χ0n) is 16.1. The fourth-order valence-electron chi connectivity index (χ4n) is 3.35. The van der Waals surface area contributed by atoms with Gasteiger partial charge in [-0.05, 0) is 59.5 Å². The summed E-state index contributed by atoms with van der Waals surface area (Å²) < 4.78 is 38.0. The van der Waals surface area contributed by atoms with Crippen molar-refractivity contribution < 1.29 is 18.3 Å². The molecular weight excluding hydrogens is 389 g/mol. The number of halogens is 3. The number of imidazole rings is 1. The van der Waals surface area contributed by atoms with Crippen LogP contribution < -0.4 is 0 Å². The molecule has 1 unspecified atom stereocenters. The molecule has 3 aromatic carbocycles. The van der Waals surface area contributed by atoms with Crippen LogP contribution in [0.1, 0.15) is 35.5 Å². The van der Waals surface area contributed by atoms with Gasteiger partial charge in [0.1, 0.15) is 5.82 Å². The second kappa shape index (κ2) is 7.80. The molecule has 1 heterocycles. The number of benzene rings is 3. The predicted octanol–water partition coefficient (Wildman–Crippen LogP) is 6.47. The van der Waals surface area contributed by atoms with E-state index >= 15 is 0 Å². The van der Waals surface area contributed by atoms with Crippen molar-refractivity contribution in [2.45, 2.75) is 19.2 Å². The van der Waals surface area contributed by atoms with Crippen molar-refractivity contribution >= 4 is 23.2 Å². The molecule has 3 nitrogen and oxygen atoms in total. The summed E-state index contributed by atoms with van der Waals surface area (Å²) >= 11 is 0. The summed E-state index contributed by atoms with van der Waals surface area (Å²) in [6.45, 7) is 1.73. The number of rotatable bonds is 4. The highest BCUT2D eigenvalue weighted by atomic mass is 19.4. The minimum absolute atomic E-state index is 0.585. The van der Waals surface area contributed by atoms with E-state index in [9.17, 15) is 18.3 Å². The van der Waals surface area contributed by atoms with Crippen molar-refractivity contribution in [3.05, 3.63) is 89.2 Å². The second-order valence-corrected chi connectivity index (χ2v) is 7.07. The molecule has 0 bridgehead atoms. The largest absolute Gasteiger partial charge is 0.416 e. The van der Waals surface area contributed by atoms with E-state index < -0.39 is 17.8 Å². The highest BCUT2D eigenvalue weighted by Gasteiger charge is 2.29. The van der Waals surface area contributed by atoms with Gasteiger partial charge in [0.25, 0.3) is 0 Å². The lowest BCUT2D eigenvalue weighted by Gasteiger charge is -2.11. The summed E-state index contributed by atoms with van der Waals surface area (Å²) in [7, 11) is 0. The van der Waals surface area contributed by atoms with Crippen molar-refractivity contribution in [1.82, 2.24) is 9.97 Å². The number of aliphatic hydroxyl groups is 1. The molecule has 0 saturated carbocycles. The van der Waals surface area contributed by atoms with Gasteiger partial charge in [-0.25, -0.2) is 4.98 Å². The summed E-state index contributed by atoms with van der Waals surface area (Å²) in [5, 5.41) is 10.0. The van der Waals surface area contributed by atoms with Gasteiger partial charge in [-0.1, -0.05) is 48.5 Å². The maximum Gasteiger partial charge on any atom is 0.416 e. The minimum Gasteiger partial charge on any atom is -0.389 e. The van der Waals surface area contributed by atoms with Gasteiger partial charge in [0, 0.05) is 0 Å². The molecule has 0 fully saturated rings. The molecule has 30 heavy (non-hydrogen) atoms. The molecule has 6 heteroatoms. The first-order chi connectivity index (χ1) is 14.3. The van der Waals surface area contributed by atoms with Gasteiger partial charge >= 0.3 is 6.18 Å². The Hall–Kier alpha value is -3.38. The average molecular weight is 408 g/mol. The topological polar surface area (TPSA) is 48.9 Å². The smallest absolute Gasteiger partial charge is 0.389 e. The molecule has 1 atom stereocenters. The summed E-state index contributed by atoms with van der Waals surface area (Å²) in [6.07, 6.45) is -1.49. The van der Waals surface area contributed by atoms with Crippen LogP contribution in [0.15, 0.2) is 66.7 Å². The van der Waals surface area contributed by atoms with Crippen molar-refractivity contribution in [3.63, 3.8) is 0 Å². The van der Waals surface area contributed by atoms with E-state index in [1.54, 1.807) is 19.1 Å². The molecule has 0 aliphatic rings. The SMILES string of the molecule is CC(O)c1ccccc1-c1ccc2[nH]c(/C=C/c3ccc(C(F)(F)F)cc3)nc2c1. The van der Waals surface area contributed by atoms with Crippen LogP contribution in [0.2, 0.25) is 0 Å². The van der Waals surface area contributed by atoms with Gasteiger partial charge in [0.05, 0.1) is 22.7 Å². The number of fused-ring (bicyclic) bond motifs is 1. The molecule has 0 saturated heterocycles. The number of H-pyrrole nitrogens is 1. The Balaban J connectivity index is 1.61. The quantitative estimate of drug-likeness (QED) is 0.406. The number of aromatic amines is 1. The zero-order valence-corrected chi connectivity index (χ0v) is 16.1. The first-order valence-electron chi connectivity index (χ1n) is 9.44. The predicted molar refractivity (Wildman–Crippen MR) is 113 cm³/mol. The number of hydrogen-bond donors (Lipinski definition) is 2. The van der Waals surface area contributed by atoms with E-state index in [4.69, 9.17) is 0 Å². The number of aromatic nitrogens is 2. The molecule has 1 aromatic heterocycles. The second-order valence-electron chi connectivity index (χ2n) is 7.07. The Bertz CT molecular complexity index is 1210. The summed E-state index contributed by atoms with van der Waals surface area (Å²) in [6, 6.07) is 18.5. The Morgan fingerprint density at radius 3 is 2.40 bits per heavy atom. The molecule has 0 radical (unpaired) electrons. The molecule has 2 N–H and O–H groups in total. The van der Waals surface area contributed by atoms with Crippen molar-refractivity contribution in [2.24, 2.45) is 0 Å². The van der Waals surface area contributed by atoms with E-state index in [1.807, 2.05) is 42.5 Å². The summed E-state index contributed by atoms with van der Waals surface area (Å²) in [4.78, 5) is 7.75. The van der Waals surface area contributed by atoms with Gasteiger partial charge in [-0.2, -0.15) is 13.2 Å². The van der Waals surface area contributed by atoms with Crippen LogP contribution in [0.4, 0.5) is 13.2 Å². The van der Waals surface area contributed by atoms with Crippen molar-refractivity contribution in [1.29, 1.82) is 0 Å². The Morgan fingerprint density at radius 2 is 1.70 bits per heavy atom. The average Bonchev–Trinajstić information content (AvgIpc) is 3.14. The molecular formula is C24H19F3N2O. The van der Waals surface area contributed by atoms with E-state index in [2.05, 4.69) is 9.97 Å². The number of nitrogens with one attached hydrogen (secondary N) is 1. The highest BCUT2D eigenvalue weighted by Crippen LogP contribution is 2.31. The van der Waals surface area contributed by atoms with Crippen molar-refractivity contribution in [2.75, 3.05) is 0 Å². The fraction of sp³-hybridized carbons (Fsp3) is 0.125. The molecule has 0 spiro atoms. The third-order valence-corrected chi connectivity index (χ3v) is 4.89. The van der Waals surface area contributed by atoms with Gasteiger partial charge in [-0.3, -0.25) is 0 Å². The fourth-order valence-corrected chi connectivity index (χ4v) is 3.35. The maximum absolute atomic E-state index is 12.7. The molecule has 152 valence electrons. The first-order valence-corrected chi connectivity index (χ1v) is 9.44. The molecule has 0 amide bonds. The Morgan fingerprint density at radius 1 is 0.967 bits per heavy atom. The summed E-state index contributed by atoms with van der Waals surface area (Å²) in [5.41, 5.74) is 4.32. The first kappa shape index (κ1) is 19.9. The molecule has 0 aliphatic carbocycles. The normalized spacial score (nSPS) is 13.2. The van der Waals surface area contributed by atoms with Gasteiger partial charge in [0.2, 0.25) is 0 Å². The third-order valence-electron chi connectivity index (χ3n) is 4.89. The molecule has 4 aromatic rings. The van der Waals surface area contributed by atoms with Gasteiger partial charge < -0.3 is 10.1 Å². The molecule has 4 rings (SSSR count). The van der Waals surface area contributed by atoms with E-state index in [0.29, 0.717) is 11.4 Å². The lowest BCUT2D eigenvalue weighted by molar-refractivity contribution is -0.137. The Labute approximate surface area is 171 Å². The lowest BCUT2D eigenvalue weighted by atomic mass is 9.96. The third kappa shape index (κ3) is 4.14. The van der Waals surface area contributed by atoms with E-state index in [1.165, 1.54) is 12.1 Å². The summed E-state index contributed by atoms with van der Waals surface area (Å²) in [5.74, 6) is 0.603. The molecule has 0 aliphatic heterocycles. The van der Waals surface area contributed by atoms with E-state index in [-0.39, 0.29) is 0 Å². The van der Waals surface area contributed by atoms with E-state index in [0.717, 1.165) is 39.9 Å². The van der Waals surface area contributed by atoms with Crippen LogP contribution in [0.5, 0.6) is 0 Å². The van der Waals surface area contributed by atoms with Gasteiger partial charge in [0.15, 0.2) is 0 Å². The maximum atomic E-state index is 12.7. The Kier molecular flexibility index (Phi) is 5.18. The van der Waals surface area contributed by atoms with Crippen LogP contribution in [0, 0.1) is 0 Å².